The van der Waals surface area contributed by atoms with Crippen LogP contribution in [0.5, 0.6) is 0 Å². The van der Waals surface area contributed by atoms with Gasteiger partial charge in [-0.1, -0.05) is 230 Å². The van der Waals surface area contributed by atoms with Gasteiger partial charge in [-0.2, -0.15) is 0 Å². The van der Waals surface area contributed by atoms with Crippen LogP contribution in [0.3, 0.4) is 0 Å². The maximum Gasteiger partial charge on any atom is 0.312 e. The highest BCUT2D eigenvalue weighted by Crippen LogP contribution is 2.20. The van der Waals surface area contributed by atoms with Gasteiger partial charge in [-0.25, -0.2) is 0 Å². The predicted molar refractivity (Wildman–Crippen MR) is 222 cm³/mol. The van der Waals surface area contributed by atoms with Gasteiger partial charge in [0.15, 0.2) is 0 Å². The molecule has 0 fully saturated rings. The average Bonchev–Trinajstić information content (AvgIpc) is 3.10. The van der Waals surface area contributed by atoms with Crippen LogP contribution in [-0.4, -0.2) is 11.7 Å². The summed E-state index contributed by atoms with van der Waals surface area (Å²) in [5.74, 6) is 4.83. The molecule has 0 N–H and O–H groups in total. The minimum atomic E-state index is 0.332. The summed E-state index contributed by atoms with van der Waals surface area (Å²) in [6.45, 7) is 7.25. The van der Waals surface area contributed by atoms with E-state index in [2.05, 4.69) is 80.2 Å². The van der Waals surface area contributed by atoms with Crippen molar-refractivity contribution >= 4 is 6.85 Å². The minimum absolute atomic E-state index is 0.332. The van der Waals surface area contributed by atoms with Crippen LogP contribution in [0.2, 0.25) is 0 Å². The van der Waals surface area contributed by atoms with E-state index in [1.807, 2.05) is 0 Å². The zero-order chi connectivity index (χ0) is 34.4. The summed E-state index contributed by atoms with van der Waals surface area (Å²) in [4.78, 5) is 2.51. The molecule has 0 unspecified atom stereocenters. The zero-order valence-electron chi connectivity index (χ0n) is 33.1. The molecule has 0 aromatic rings. The van der Waals surface area contributed by atoms with Crippen molar-refractivity contribution in [3.8, 4) is 0 Å². The zero-order valence-corrected chi connectivity index (χ0v) is 33.1. The number of nitrogens with zero attached hydrogens (tertiary/aromatic N) is 1. The molecule has 0 saturated heterocycles. The van der Waals surface area contributed by atoms with Crippen molar-refractivity contribution in [2.45, 2.75) is 233 Å². The number of hydrogen-bond donors (Lipinski definition) is 0. The monoisotopic (exact) mass is 662 g/mol. The van der Waals surface area contributed by atoms with E-state index in [1.54, 1.807) is 0 Å². The molecule has 0 aliphatic carbocycles. The number of allylic oxidation sites excluding steroid dienone is 6. The smallest absolute Gasteiger partial charge is 0.312 e. The van der Waals surface area contributed by atoms with Gasteiger partial charge in [-0.15, -0.1) is 0 Å². The molecule has 1 nitrogen and oxygen atoms in total. The molecule has 2 heteroatoms. The highest BCUT2D eigenvalue weighted by atomic mass is 15.0. The first-order valence-corrected chi connectivity index (χ1v) is 22.0. The summed E-state index contributed by atoms with van der Waals surface area (Å²) < 4.78 is 0. The van der Waals surface area contributed by atoms with Crippen molar-refractivity contribution in [3.05, 3.63) is 60.3 Å². The van der Waals surface area contributed by atoms with E-state index in [9.17, 15) is 0 Å². The standard InChI is InChI=1S/C46H84BN/c1-4-7-10-13-16-19-22-25-28-31-34-37-41-46-42-40-44-47(43-38-35-32-29-26-23-20-17-14-11-8-5-2)48(46)45-39-36-33-30-27-24-21-18-15-12-9-6-3/h37-45H,4-36H2,1-3H3/b41-37+,43-38+,45-39+. The van der Waals surface area contributed by atoms with E-state index in [0.717, 1.165) is 0 Å². The van der Waals surface area contributed by atoms with E-state index >= 15 is 0 Å². The first kappa shape index (κ1) is 44.6. The van der Waals surface area contributed by atoms with Crippen LogP contribution >= 0.6 is 0 Å². The molecule has 0 amide bonds. The molecule has 0 bridgehead atoms. The van der Waals surface area contributed by atoms with Crippen molar-refractivity contribution < 1.29 is 0 Å². The number of unbranched alkanes of at least 4 members (excludes halogenated alkanes) is 30. The fourth-order valence-electron chi connectivity index (χ4n) is 6.98. The van der Waals surface area contributed by atoms with Crippen molar-refractivity contribution in [1.29, 1.82) is 0 Å². The Kier molecular flexibility index (Phi) is 34.2. The lowest BCUT2D eigenvalue weighted by Crippen LogP contribution is -2.33. The maximum atomic E-state index is 2.51. The minimum Gasteiger partial charge on any atom is -0.384 e. The Hall–Kier alpha value is -1.44. The molecule has 0 radical (unpaired) electrons. The van der Waals surface area contributed by atoms with Gasteiger partial charge in [0.1, 0.15) is 0 Å². The van der Waals surface area contributed by atoms with Crippen molar-refractivity contribution in [2.24, 2.45) is 0 Å². The molecule has 0 atom stereocenters. The van der Waals surface area contributed by atoms with Crippen LogP contribution in [0.1, 0.15) is 233 Å². The molecule has 0 spiro atoms. The van der Waals surface area contributed by atoms with E-state index < -0.39 is 0 Å². The highest BCUT2D eigenvalue weighted by Gasteiger charge is 2.19. The van der Waals surface area contributed by atoms with Gasteiger partial charge >= 0.3 is 6.85 Å². The fourth-order valence-corrected chi connectivity index (χ4v) is 6.98. The van der Waals surface area contributed by atoms with Gasteiger partial charge in [-0.05, 0) is 56.9 Å². The molecule has 1 rings (SSSR count). The van der Waals surface area contributed by atoms with Crippen LogP contribution in [-0.2, 0) is 0 Å². The molecule has 0 saturated carbocycles. The third kappa shape index (κ3) is 28.4. The lowest BCUT2D eigenvalue weighted by molar-refractivity contribution is 0.557. The summed E-state index contributed by atoms with van der Waals surface area (Å²) in [6.07, 6.45) is 62.6. The summed E-state index contributed by atoms with van der Waals surface area (Å²) in [5, 5.41) is 0. The Bertz CT molecular complexity index is 805. The third-order valence-electron chi connectivity index (χ3n) is 10.3. The lowest BCUT2D eigenvalue weighted by atomic mass is 9.58. The van der Waals surface area contributed by atoms with E-state index in [1.165, 1.54) is 218 Å². The molecular formula is C46H84BN. The molecular weight excluding hydrogens is 577 g/mol. The lowest BCUT2D eigenvalue weighted by Gasteiger charge is -2.28. The van der Waals surface area contributed by atoms with E-state index in [0.29, 0.717) is 6.85 Å². The van der Waals surface area contributed by atoms with Gasteiger partial charge in [-0.3, -0.25) is 0 Å². The van der Waals surface area contributed by atoms with Crippen molar-refractivity contribution in [2.75, 3.05) is 0 Å². The Morgan fingerprint density at radius 1 is 0.438 bits per heavy atom. The average molecular weight is 662 g/mol. The molecule has 48 heavy (non-hydrogen) atoms. The summed E-state index contributed by atoms with van der Waals surface area (Å²) in [5.41, 5.74) is 1.34. The van der Waals surface area contributed by atoms with Gasteiger partial charge in [0.2, 0.25) is 0 Å². The summed E-state index contributed by atoms with van der Waals surface area (Å²) in [6, 6.07) is 0. The second-order valence-electron chi connectivity index (χ2n) is 15.0. The molecule has 0 aromatic heterocycles. The normalized spacial score (nSPS) is 13.7. The number of hydrogen-bond acceptors (Lipinski definition) is 1. The number of rotatable bonds is 36. The topological polar surface area (TPSA) is 3.24 Å². The van der Waals surface area contributed by atoms with Crippen LogP contribution in [0.25, 0.3) is 0 Å². The second kappa shape index (κ2) is 36.8. The highest BCUT2D eigenvalue weighted by molar-refractivity contribution is 6.67. The molecule has 1 aliphatic rings. The third-order valence-corrected chi connectivity index (χ3v) is 10.3. The quantitative estimate of drug-likeness (QED) is 0.0477. The second-order valence-corrected chi connectivity index (χ2v) is 15.0. The van der Waals surface area contributed by atoms with Gasteiger partial charge in [0.25, 0.3) is 0 Å². The molecule has 276 valence electrons. The van der Waals surface area contributed by atoms with Gasteiger partial charge < -0.3 is 4.81 Å². The van der Waals surface area contributed by atoms with Crippen LogP contribution in [0.4, 0.5) is 0 Å². The van der Waals surface area contributed by atoms with Crippen molar-refractivity contribution in [3.63, 3.8) is 0 Å². The predicted octanol–water partition coefficient (Wildman–Crippen LogP) is 16.4. The Morgan fingerprint density at radius 2 is 0.792 bits per heavy atom. The summed E-state index contributed by atoms with van der Waals surface area (Å²) >= 11 is 0. The Labute approximate surface area is 303 Å². The maximum absolute atomic E-state index is 2.51. The molecule has 0 aromatic carbocycles. The van der Waals surface area contributed by atoms with E-state index in [-0.39, 0.29) is 0 Å². The van der Waals surface area contributed by atoms with Gasteiger partial charge in [0.05, 0.1) is 0 Å². The van der Waals surface area contributed by atoms with Crippen LogP contribution < -0.4 is 0 Å². The SMILES string of the molecule is CCCCCCCCCCCC/C=C/B1C=CC=C(/C=C/CCCCCCCCCCCC)N1/C=C/CCCCCCCCCCCC. The largest absolute Gasteiger partial charge is 0.384 e. The van der Waals surface area contributed by atoms with Crippen LogP contribution in [0, 0.1) is 0 Å². The van der Waals surface area contributed by atoms with E-state index in [4.69, 9.17) is 0 Å². The molecule has 1 heterocycles. The van der Waals surface area contributed by atoms with Crippen LogP contribution in [0.15, 0.2) is 60.3 Å². The first-order valence-electron chi connectivity index (χ1n) is 22.0. The Balaban J connectivity index is 2.43. The van der Waals surface area contributed by atoms with Crippen molar-refractivity contribution in [1.82, 2.24) is 4.81 Å². The fraction of sp³-hybridized carbons (Fsp3) is 0.783. The van der Waals surface area contributed by atoms with Gasteiger partial charge in [0, 0.05) is 5.70 Å². The molecule has 1 aliphatic heterocycles. The Morgan fingerprint density at radius 3 is 1.21 bits per heavy atom. The first-order chi connectivity index (χ1) is 23.8. The summed E-state index contributed by atoms with van der Waals surface area (Å²) in [7, 11) is 0.